The normalized spacial score (nSPS) is 10.6. The second-order valence-corrected chi connectivity index (χ2v) is 7.16. The van der Waals surface area contributed by atoms with Crippen molar-refractivity contribution in [3.05, 3.63) is 102 Å². The van der Waals surface area contributed by atoms with Gasteiger partial charge in [-0.1, -0.05) is 60.2 Å². The van der Waals surface area contributed by atoms with Gasteiger partial charge < -0.3 is 14.8 Å². The third-order valence-corrected chi connectivity index (χ3v) is 4.95. The lowest BCUT2D eigenvalue weighted by Gasteiger charge is -2.13. The average molecular weight is 397 g/mol. The van der Waals surface area contributed by atoms with Crippen molar-refractivity contribution in [3.63, 3.8) is 0 Å². The van der Waals surface area contributed by atoms with Crippen LogP contribution in [-0.4, -0.2) is 13.0 Å². The Kier molecular flexibility index (Phi) is 5.66. The summed E-state index contributed by atoms with van der Waals surface area (Å²) < 4.78 is 11.3. The topological polar surface area (TPSA) is 47.6 Å². The predicted octanol–water partition coefficient (Wildman–Crippen LogP) is 5.99. The Morgan fingerprint density at radius 3 is 2.37 bits per heavy atom. The van der Waals surface area contributed by atoms with E-state index in [0.717, 1.165) is 22.0 Å². The maximum Gasteiger partial charge on any atom is 0.255 e. The molecule has 0 bridgehead atoms. The molecule has 4 heteroatoms. The standard InChI is InChI=1S/C26H23NO3/c1-18-7-9-19(10-8-18)17-30-24-14-12-22(16-25(24)29-2)26(28)27-23-13-11-20-5-3-4-6-21(20)15-23/h3-16H,17H2,1-2H3,(H,27,28). The van der Waals surface area contributed by atoms with Crippen LogP contribution in [-0.2, 0) is 6.61 Å². The fourth-order valence-corrected chi connectivity index (χ4v) is 3.24. The van der Waals surface area contributed by atoms with E-state index in [1.54, 1.807) is 25.3 Å². The molecule has 4 aromatic carbocycles. The van der Waals surface area contributed by atoms with Gasteiger partial charge >= 0.3 is 0 Å². The van der Waals surface area contributed by atoms with Crippen LogP contribution >= 0.6 is 0 Å². The van der Waals surface area contributed by atoms with Crippen LogP contribution in [0.5, 0.6) is 11.5 Å². The molecule has 0 spiro atoms. The van der Waals surface area contributed by atoms with Gasteiger partial charge in [-0.15, -0.1) is 0 Å². The summed E-state index contributed by atoms with van der Waals surface area (Å²) in [7, 11) is 1.57. The quantitative estimate of drug-likeness (QED) is 0.435. The van der Waals surface area contributed by atoms with Crippen molar-refractivity contribution < 1.29 is 14.3 Å². The summed E-state index contributed by atoms with van der Waals surface area (Å²) in [5.74, 6) is 0.919. The fourth-order valence-electron chi connectivity index (χ4n) is 3.24. The third kappa shape index (κ3) is 4.44. The van der Waals surface area contributed by atoms with Crippen LogP contribution in [0.2, 0.25) is 0 Å². The Balaban J connectivity index is 1.48. The van der Waals surface area contributed by atoms with E-state index in [4.69, 9.17) is 9.47 Å². The van der Waals surface area contributed by atoms with Gasteiger partial charge in [0.1, 0.15) is 6.61 Å². The number of rotatable bonds is 6. The van der Waals surface area contributed by atoms with Gasteiger partial charge in [-0.2, -0.15) is 0 Å². The minimum absolute atomic E-state index is 0.200. The van der Waals surface area contributed by atoms with Crippen molar-refractivity contribution in [2.45, 2.75) is 13.5 Å². The van der Waals surface area contributed by atoms with E-state index in [0.29, 0.717) is 23.7 Å². The molecule has 0 unspecified atom stereocenters. The van der Waals surface area contributed by atoms with Crippen molar-refractivity contribution in [2.24, 2.45) is 0 Å². The lowest BCUT2D eigenvalue weighted by molar-refractivity contribution is 0.102. The van der Waals surface area contributed by atoms with E-state index in [9.17, 15) is 4.79 Å². The summed E-state index contributed by atoms with van der Waals surface area (Å²) in [4.78, 5) is 12.7. The molecule has 1 N–H and O–H groups in total. The molecule has 1 amide bonds. The zero-order valence-electron chi connectivity index (χ0n) is 17.0. The molecule has 150 valence electrons. The molecular formula is C26H23NO3. The first kappa shape index (κ1) is 19.5. The summed E-state index contributed by atoms with van der Waals surface area (Å²) >= 11 is 0. The number of benzene rings is 4. The van der Waals surface area contributed by atoms with Gasteiger partial charge in [0.15, 0.2) is 11.5 Å². The Bertz CT molecular complexity index is 1180. The first-order chi connectivity index (χ1) is 14.6. The number of amides is 1. The molecule has 0 fully saturated rings. The summed E-state index contributed by atoms with van der Waals surface area (Å²) in [6.45, 7) is 2.48. The van der Waals surface area contributed by atoms with E-state index in [1.807, 2.05) is 54.6 Å². The number of carbonyl (C=O) groups excluding carboxylic acids is 1. The minimum Gasteiger partial charge on any atom is -0.493 e. The zero-order valence-corrected chi connectivity index (χ0v) is 17.0. The van der Waals surface area contributed by atoms with Crippen molar-refractivity contribution in [1.29, 1.82) is 0 Å². The van der Waals surface area contributed by atoms with Gasteiger partial charge in [0.25, 0.3) is 5.91 Å². The van der Waals surface area contributed by atoms with Crippen LogP contribution in [0.3, 0.4) is 0 Å². The zero-order chi connectivity index (χ0) is 20.9. The van der Waals surface area contributed by atoms with Gasteiger partial charge in [-0.25, -0.2) is 0 Å². The van der Waals surface area contributed by atoms with Crippen molar-refractivity contribution in [1.82, 2.24) is 0 Å². The van der Waals surface area contributed by atoms with Gasteiger partial charge in [-0.05, 0) is 53.6 Å². The monoisotopic (exact) mass is 397 g/mol. The summed E-state index contributed by atoms with van der Waals surface area (Å²) in [6.07, 6.45) is 0. The number of nitrogens with one attached hydrogen (secondary N) is 1. The molecule has 0 aliphatic rings. The van der Waals surface area contributed by atoms with Crippen molar-refractivity contribution >= 4 is 22.4 Å². The van der Waals surface area contributed by atoms with Crippen LogP contribution < -0.4 is 14.8 Å². The number of hydrogen-bond acceptors (Lipinski definition) is 3. The Hall–Kier alpha value is -3.79. The van der Waals surface area contributed by atoms with E-state index in [2.05, 4.69) is 24.4 Å². The van der Waals surface area contributed by atoms with Crippen LogP contribution in [0.15, 0.2) is 84.9 Å². The van der Waals surface area contributed by atoms with Crippen LogP contribution in [0.4, 0.5) is 5.69 Å². The molecule has 0 atom stereocenters. The molecule has 0 radical (unpaired) electrons. The smallest absolute Gasteiger partial charge is 0.255 e. The highest BCUT2D eigenvalue weighted by atomic mass is 16.5. The SMILES string of the molecule is COc1cc(C(=O)Nc2ccc3ccccc3c2)ccc1OCc1ccc(C)cc1. The second kappa shape index (κ2) is 8.70. The van der Waals surface area contributed by atoms with Crippen molar-refractivity contribution in [2.75, 3.05) is 12.4 Å². The predicted molar refractivity (Wildman–Crippen MR) is 120 cm³/mol. The van der Waals surface area contributed by atoms with Gasteiger partial charge in [0, 0.05) is 11.3 Å². The minimum atomic E-state index is -0.200. The highest BCUT2D eigenvalue weighted by Gasteiger charge is 2.12. The largest absolute Gasteiger partial charge is 0.493 e. The third-order valence-electron chi connectivity index (χ3n) is 4.95. The lowest BCUT2D eigenvalue weighted by Crippen LogP contribution is -2.12. The Labute approximate surface area is 176 Å². The number of fused-ring (bicyclic) bond motifs is 1. The Morgan fingerprint density at radius 1 is 0.833 bits per heavy atom. The molecular weight excluding hydrogens is 374 g/mol. The van der Waals surface area contributed by atoms with Gasteiger partial charge in [-0.3, -0.25) is 4.79 Å². The number of methoxy groups -OCH3 is 1. The highest BCUT2D eigenvalue weighted by molar-refractivity contribution is 6.05. The number of aryl methyl sites for hydroxylation is 1. The maximum atomic E-state index is 12.7. The molecule has 0 saturated carbocycles. The Morgan fingerprint density at radius 2 is 1.60 bits per heavy atom. The number of carbonyl (C=O) groups is 1. The van der Waals surface area contributed by atoms with E-state index >= 15 is 0 Å². The van der Waals surface area contributed by atoms with E-state index < -0.39 is 0 Å². The van der Waals surface area contributed by atoms with Gasteiger partial charge in [0.2, 0.25) is 0 Å². The number of ether oxygens (including phenoxy) is 2. The van der Waals surface area contributed by atoms with Crippen molar-refractivity contribution in [3.8, 4) is 11.5 Å². The molecule has 0 aliphatic heterocycles. The van der Waals surface area contributed by atoms with Crippen LogP contribution in [0.25, 0.3) is 10.8 Å². The summed E-state index contributed by atoms with van der Waals surface area (Å²) in [5.41, 5.74) is 3.53. The first-order valence-electron chi connectivity index (χ1n) is 9.79. The molecule has 4 nitrogen and oxygen atoms in total. The molecule has 4 aromatic rings. The van der Waals surface area contributed by atoms with Crippen LogP contribution in [0.1, 0.15) is 21.5 Å². The number of anilines is 1. The average Bonchev–Trinajstić information content (AvgIpc) is 2.78. The summed E-state index contributed by atoms with van der Waals surface area (Å²) in [5, 5.41) is 5.16. The van der Waals surface area contributed by atoms with E-state index in [-0.39, 0.29) is 5.91 Å². The highest BCUT2D eigenvalue weighted by Crippen LogP contribution is 2.29. The molecule has 4 rings (SSSR count). The molecule has 0 aromatic heterocycles. The second-order valence-electron chi connectivity index (χ2n) is 7.16. The number of hydrogen-bond donors (Lipinski definition) is 1. The molecule has 0 heterocycles. The molecule has 0 saturated heterocycles. The van der Waals surface area contributed by atoms with Crippen LogP contribution in [0, 0.1) is 6.92 Å². The first-order valence-corrected chi connectivity index (χ1v) is 9.79. The maximum absolute atomic E-state index is 12.7. The summed E-state index contributed by atoms with van der Waals surface area (Å²) in [6, 6.07) is 27.3. The van der Waals surface area contributed by atoms with E-state index in [1.165, 1.54) is 5.56 Å². The van der Waals surface area contributed by atoms with Gasteiger partial charge in [0.05, 0.1) is 7.11 Å². The molecule has 0 aliphatic carbocycles. The fraction of sp³-hybridized carbons (Fsp3) is 0.115. The molecule has 30 heavy (non-hydrogen) atoms. The lowest BCUT2D eigenvalue weighted by atomic mass is 10.1.